The molecule has 1 aromatic carbocycles. The Morgan fingerprint density at radius 3 is 2.67 bits per heavy atom. The Labute approximate surface area is 159 Å². The number of hydrogen-bond acceptors (Lipinski definition) is 5. The zero-order valence-corrected chi connectivity index (χ0v) is 16.1. The molecule has 0 spiro atoms. The molecule has 0 atom stereocenters. The maximum atomic E-state index is 13.9. The average molecular weight is 393 g/mol. The van der Waals surface area contributed by atoms with Crippen molar-refractivity contribution in [1.29, 1.82) is 0 Å². The molecule has 1 saturated heterocycles. The third-order valence-corrected chi connectivity index (χ3v) is 6.08. The number of piperidine rings is 1. The molecule has 2 aromatic rings. The summed E-state index contributed by atoms with van der Waals surface area (Å²) < 4.78 is 46.5. The van der Waals surface area contributed by atoms with Crippen molar-refractivity contribution >= 4 is 15.8 Å². The fourth-order valence-electron chi connectivity index (χ4n) is 3.14. The zero-order valence-electron chi connectivity index (χ0n) is 15.3. The number of rotatable bonds is 7. The van der Waals surface area contributed by atoms with Gasteiger partial charge in [-0.05, 0) is 56.0 Å². The Hall–Kier alpha value is -2.19. The van der Waals surface area contributed by atoms with Crippen LogP contribution in [0, 0.1) is 11.7 Å². The molecule has 6 nitrogen and oxygen atoms in total. The Morgan fingerprint density at radius 1 is 1.26 bits per heavy atom. The van der Waals surface area contributed by atoms with E-state index in [1.807, 2.05) is 18.2 Å². The van der Waals surface area contributed by atoms with E-state index in [4.69, 9.17) is 4.74 Å². The monoisotopic (exact) mass is 393 g/mol. The SMILES string of the molecule is CCOc1ccc(S(=O)(=O)NCC2CCN(c3ccccn3)CC2)cc1F. The van der Waals surface area contributed by atoms with Gasteiger partial charge in [-0.25, -0.2) is 22.5 Å². The van der Waals surface area contributed by atoms with Crippen LogP contribution in [-0.4, -0.2) is 39.6 Å². The molecule has 1 N–H and O–H groups in total. The minimum atomic E-state index is -3.75. The largest absolute Gasteiger partial charge is 0.491 e. The summed E-state index contributed by atoms with van der Waals surface area (Å²) in [6.07, 6.45) is 3.51. The highest BCUT2D eigenvalue weighted by molar-refractivity contribution is 7.89. The van der Waals surface area contributed by atoms with E-state index in [0.29, 0.717) is 13.2 Å². The fourth-order valence-corrected chi connectivity index (χ4v) is 4.27. The summed E-state index contributed by atoms with van der Waals surface area (Å²) in [5.41, 5.74) is 0. The van der Waals surface area contributed by atoms with E-state index in [9.17, 15) is 12.8 Å². The summed E-state index contributed by atoms with van der Waals surface area (Å²) in [5, 5.41) is 0. The molecular formula is C19H24FN3O3S. The minimum absolute atomic E-state index is 0.0540. The van der Waals surface area contributed by atoms with Crippen molar-refractivity contribution in [2.24, 2.45) is 5.92 Å². The number of benzene rings is 1. The molecule has 27 heavy (non-hydrogen) atoms. The first-order valence-corrected chi connectivity index (χ1v) is 10.6. The predicted octanol–water partition coefficient (Wildman–Crippen LogP) is 2.81. The van der Waals surface area contributed by atoms with Crippen LogP contribution in [0.1, 0.15) is 19.8 Å². The molecule has 3 rings (SSSR count). The lowest BCUT2D eigenvalue weighted by molar-refractivity contribution is 0.321. The highest BCUT2D eigenvalue weighted by Crippen LogP contribution is 2.23. The zero-order chi connectivity index (χ0) is 19.3. The molecule has 0 saturated carbocycles. The number of ether oxygens (including phenoxy) is 1. The van der Waals surface area contributed by atoms with E-state index >= 15 is 0 Å². The van der Waals surface area contributed by atoms with Crippen LogP contribution in [-0.2, 0) is 10.0 Å². The Balaban J connectivity index is 1.54. The number of anilines is 1. The Kier molecular flexibility index (Phi) is 6.28. The van der Waals surface area contributed by atoms with Crippen molar-refractivity contribution in [1.82, 2.24) is 9.71 Å². The molecule has 146 valence electrons. The third-order valence-electron chi connectivity index (χ3n) is 4.66. The molecular weight excluding hydrogens is 369 g/mol. The van der Waals surface area contributed by atoms with Gasteiger partial charge < -0.3 is 9.64 Å². The van der Waals surface area contributed by atoms with Crippen molar-refractivity contribution in [2.75, 3.05) is 31.1 Å². The summed E-state index contributed by atoms with van der Waals surface area (Å²) in [7, 11) is -3.75. The first-order chi connectivity index (χ1) is 13.0. The number of hydrogen-bond donors (Lipinski definition) is 1. The number of sulfonamides is 1. The summed E-state index contributed by atoms with van der Waals surface area (Å²) >= 11 is 0. The van der Waals surface area contributed by atoms with Crippen LogP contribution in [0.5, 0.6) is 5.75 Å². The lowest BCUT2D eigenvalue weighted by Crippen LogP contribution is -2.39. The number of pyridine rings is 1. The van der Waals surface area contributed by atoms with E-state index in [1.54, 1.807) is 13.1 Å². The van der Waals surface area contributed by atoms with Gasteiger partial charge in [0, 0.05) is 25.8 Å². The summed E-state index contributed by atoms with van der Waals surface area (Å²) in [4.78, 5) is 6.46. The van der Waals surface area contributed by atoms with Crippen molar-refractivity contribution in [2.45, 2.75) is 24.7 Å². The maximum absolute atomic E-state index is 13.9. The molecule has 0 amide bonds. The van der Waals surface area contributed by atoms with Crippen molar-refractivity contribution < 1.29 is 17.5 Å². The van der Waals surface area contributed by atoms with Gasteiger partial charge in [0.1, 0.15) is 5.82 Å². The highest BCUT2D eigenvalue weighted by Gasteiger charge is 2.23. The summed E-state index contributed by atoms with van der Waals surface area (Å²) in [6.45, 7) is 4.07. The van der Waals surface area contributed by atoms with Gasteiger partial charge in [-0.3, -0.25) is 0 Å². The van der Waals surface area contributed by atoms with Crippen molar-refractivity contribution in [3.05, 3.63) is 48.4 Å². The molecule has 0 bridgehead atoms. The minimum Gasteiger partial charge on any atom is -0.491 e. The molecule has 0 aliphatic carbocycles. The second-order valence-electron chi connectivity index (χ2n) is 6.50. The van der Waals surface area contributed by atoms with Crippen LogP contribution >= 0.6 is 0 Å². The van der Waals surface area contributed by atoms with E-state index < -0.39 is 15.8 Å². The first kappa shape index (κ1) is 19.6. The van der Waals surface area contributed by atoms with Gasteiger partial charge in [0.25, 0.3) is 0 Å². The quantitative estimate of drug-likeness (QED) is 0.783. The van der Waals surface area contributed by atoms with Crippen LogP contribution < -0.4 is 14.4 Å². The van der Waals surface area contributed by atoms with E-state index in [1.165, 1.54) is 12.1 Å². The first-order valence-electron chi connectivity index (χ1n) is 9.07. The normalized spacial score (nSPS) is 15.7. The van der Waals surface area contributed by atoms with Crippen LogP contribution in [0.25, 0.3) is 0 Å². The van der Waals surface area contributed by atoms with Gasteiger partial charge in [0.15, 0.2) is 11.6 Å². The topological polar surface area (TPSA) is 71.5 Å². The lowest BCUT2D eigenvalue weighted by atomic mass is 9.97. The van der Waals surface area contributed by atoms with Gasteiger partial charge in [-0.15, -0.1) is 0 Å². The van der Waals surface area contributed by atoms with Crippen molar-refractivity contribution in [3.8, 4) is 5.75 Å². The molecule has 0 radical (unpaired) electrons. The predicted molar refractivity (Wildman–Crippen MR) is 102 cm³/mol. The Bertz CT molecular complexity index is 854. The number of halogens is 1. The van der Waals surface area contributed by atoms with Gasteiger partial charge in [-0.2, -0.15) is 0 Å². The number of aromatic nitrogens is 1. The number of nitrogens with zero attached hydrogens (tertiary/aromatic N) is 2. The molecule has 8 heteroatoms. The second-order valence-corrected chi connectivity index (χ2v) is 8.26. The molecule has 2 heterocycles. The van der Waals surface area contributed by atoms with E-state index in [2.05, 4.69) is 14.6 Å². The van der Waals surface area contributed by atoms with Crippen LogP contribution in [0.2, 0.25) is 0 Å². The summed E-state index contributed by atoms with van der Waals surface area (Å²) in [6, 6.07) is 9.52. The smallest absolute Gasteiger partial charge is 0.240 e. The molecule has 0 unspecified atom stereocenters. The average Bonchev–Trinajstić information content (AvgIpc) is 2.69. The van der Waals surface area contributed by atoms with E-state index in [-0.39, 0.29) is 16.6 Å². The van der Waals surface area contributed by atoms with Crippen LogP contribution in [0.3, 0.4) is 0 Å². The molecule has 1 aliphatic heterocycles. The lowest BCUT2D eigenvalue weighted by Gasteiger charge is -2.32. The number of nitrogens with one attached hydrogen (secondary N) is 1. The highest BCUT2D eigenvalue weighted by atomic mass is 32.2. The third kappa shape index (κ3) is 4.95. The second kappa shape index (κ2) is 8.67. The maximum Gasteiger partial charge on any atom is 0.240 e. The van der Waals surface area contributed by atoms with Gasteiger partial charge >= 0.3 is 0 Å². The van der Waals surface area contributed by atoms with Crippen LogP contribution in [0.4, 0.5) is 10.2 Å². The van der Waals surface area contributed by atoms with Gasteiger partial charge in [-0.1, -0.05) is 6.07 Å². The Morgan fingerprint density at radius 2 is 2.04 bits per heavy atom. The fraction of sp³-hybridized carbons (Fsp3) is 0.421. The van der Waals surface area contributed by atoms with Crippen molar-refractivity contribution in [3.63, 3.8) is 0 Å². The molecule has 1 aromatic heterocycles. The van der Waals surface area contributed by atoms with Crippen LogP contribution in [0.15, 0.2) is 47.5 Å². The molecule has 1 aliphatic rings. The standard InChI is InChI=1S/C19H24FN3O3S/c1-2-26-18-7-6-16(13-17(18)20)27(24,25)22-14-15-8-11-23(12-9-15)19-5-3-4-10-21-19/h3-7,10,13,15,22H,2,8-9,11-12,14H2,1H3. The van der Waals surface area contributed by atoms with E-state index in [0.717, 1.165) is 37.8 Å². The molecule has 1 fully saturated rings. The van der Waals surface area contributed by atoms with Gasteiger partial charge in [0.2, 0.25) is 10.0 Å². The van der Waals surface area contributed by atoms with Gasteiger partial charge in [0.05, 0.1) is 11.5 Å². The summed E-state index contributed by atoms with van der Waals surface area (Å²) in [5.74, 6) is 0.565.